The molecule has 0 aliphatic carbocycles. The van der Waals surface area contributed by atoms with Crippen LogP contribution in [0.5, 0.6) is 0 Å². The lowest BCUT2D eigenvalue weighted by molar-refractivity contribution is -0.114. The number of hydrogen-bond acceptors (Lipinski definition) is 3. The van der Waals surface area contributed by atoms with Gasteiger partial charge >= 0.3 is 0 Å². The molecule has 4 nitrogen and oxygen atoms in total. The van der Waals surface area contributed by atoms with Crippen LogP contribution in [0.2, 0.25) is 0 Å². The van der Waals surface area contributed by atoms with Crippen LogP contribution in [0.15, 0.2) is 30.7 Å². The van der Waals surface area contributed by atoms with Gasteiger partial charge in [-0.25, -0.2) is 4.39 Å². The highest BCUT2D eigenvalue weighted by molar-refractivity contribution is 5.88. The normalized spacial score (nSPS) is 10.2. The molecule has 0 atom stereocenters. The van der Waals surface area contributed by atoms with E-state index in [0.717, 1.165) is 5.56 Å². The van der Waals surface area contributed by atoms with Gasteiger partial charge in [0.2, 0.25) is 5.91 Å². The van der Waals surface area contributed by atoms with Crippen molar-refractivity contribution in [2.24, 2.45) is 0 Å². The standard InChI is InChI=1S/C13H12FN3O/c1-8-3-10(6-15-5-8)13-12(14)4-11(7-16-13)17-9(2)18/h3-7H,1-2H3,(H,17,18). The molecule has 0 saturated carbocycles. The summed E-state index contributed by atoms with van der Waals surface area (Å²) in [5.74, 6) is -0.755. The zero-order valence-electron chi connectivity index (χ0n) is 10.1. The molecule has 2 aromatic heterocycles. The highest BCUT2D eigenvalue weighted by Crippen LogP contribution is 2.22. The molecule has 0 radical (unpaired) electrons. The number of pyridine rings is 2. The monoisotopic (exact) mass is 245 g/mol. The molecule has 2 aromatic rings. The number of nitrogens with one attached hydrogen (secondary N) is 1. The number of anilines is 1. The lowest BCUT2D eigenvalue weighted by atomic mass is 10.1. The SMILES string of the molecule is CC(=O)Nc1cnc(-c2cncc(C)c2)c(F)c1. The highest BCUT2D eigenvalue weighted by Gasteiger charge is 2.09. The average Bonchev–Trinajstić information content (AvgIpc) is 2.28. The Morgan fingerprint density at radius 3 is 2.67 bits per heavy atom. The number of hydrogen-bond donors (Lipinski definition) is 1. The number of carbonyl (C=O) groups is 1. The molecule has 0 fully saturated rings. The van der Waals surface area contributed by atoms with Crippen molar-refractivity contribution in [2.75, 3.05) is 5.32 Å². The van der Waals surface area contributed by atoms with E-state index in [1.54, 1.807) is 18.5 Å². The Bertz CT molecular complexity index is 599. The zero-order chi connectivity index (χ0) is 13.1. The topological polar surface area (TPSA) is 54.9 Å². The second-order valence-electron chi connectivity index (χ2n) is 3.99. The first kappa shape index (κ1) is 12.2. The molecule has 92 valence electrons. The predicted molar refractivity (Wildman–Crippen MR) is 66.5 cm³/mol. The Labute approximate surface area is 104 Å². The fourth-order valence-electron chi connectivity index (χ4n) is 1.61. The predicted octanol–water partition coefficient (Wildman–Crippen LogP) is 2.55. The third kappa shape index (κ3) is 2.68. The molecule has 0 bridgehead atoms. The second-order valence-corrected chi connectivity index (χ2v) is 3.99. The van der Waals surface area contributed by atoms with Crippen molar-refractivity contribution in [3.8, 4) is 11.3 Å². The quantitative estimate of drug-likeness (QED) is 0.884. The smallest absolute Gasteiger partial charge is 0.221 e. The number of aromatic nitrogens is 2. The highest BCUT2D eigenvalue weighted by atomic mass is 19.1. The number of amides is 1. The van der Waals surface area contributed by atoms with Crippen LogP contribution in [0.25, 0.3) is 11.3 Å². The minimum absolute atomic E-state index is 0.223. The first-order valence-corrected chi connectivity index (χ1v) is 5.41. The van der Waals surface area contributed by atoms with Crippen molar-refractivity contribution < 1.29 is 9.18 Å². The molecule has 0 unspecified atom stereocenters. The minimum Gasteiger partial charge on any atom is -0.325 e. The molecule has 2 rings (SSSR count). The van der Waals surface area contributed by atoms with Crippen LogP contribution in [0.3, 0.4) is 0 Å². The summed E-state index contributed by atoms with van der Waals surface area (Å²) in [7, 11) is 0. The Balaban J connectivity index is 2.38. The van der Waals surface area contributed by atoms with E-state index in [0.29, 0.717) is 11.3 Å². The fourth-order valence-corrected chi connectivity index (χ4v) is 1.61. The maximum Gasteiger partial charge on any atom is 0.221 e. The van der Waals surface area contributed by atoms with Gasteiger partial charge in [0.05, 0.1) is 11.9 Å². The number of carbonyl (C=O) groups excluding carboxylic acids is 1. The van der Waals surface area contributed by atoms with Gasteiger partial charge in [0.25, 0.3) is 0 Å². The number of rotatable bonds is 2. The fraction of sp³-hybridized carbons (Fsp3) is 0.154. The average molecular weight is 245 g/mol. The third-order valence-electron chi connectivity index (χ3n) is 2.31. The van der Waals surface area contributed by atoms with E-state index in [1.165, 1.54) is 19.2 Å². The summed E-state index contributed by atoms with van der Waals surface area (Å²) in [6, 6.07) is 3.04. The van der Waals surface area contributed by atoms with Crippen molar-refractivity contribution in [3.63, 3.8) is 0 Å². The molecule has 18 heavy (non-hydrogen) atoms. The molecule has 0 aliphatic heterocycles. The second kappa shape index (κ2) is 4.91. The van der Waals surface area contributed by atoms with Crippen molar-refractivity contribution in [2.45, 2.75) is 13.8 Å². The Morgan fingerprint density at radius 2 is 2.06 bits per heavy atom. The van der Waals surface area contributed by atoms with Crippen LogP contribution >= 0.6 is 0 Å². The van der Waals surface area contributed by atoms with Gasteiger partial charge < -0.3 is 5.32 Å². The van der Waals surface area contributed by atoms with Crippen LogP contribution in [0.4, 0.5) is 10.1 Å². The first-order chi connectivity index (χ1) is 8.56. The summed E-state index contributed by atoms with van der Waals surface area (Å²) in [6.45, 7) is 3.23. The maximum absolute atomic E-state index is 13.9. The summed E-state index contributed by atoms with van der Waals surface area (Å²) >= 11 is 0. The zero-order valence-corrected chi connectivity index (χ0v) is 10.1. The summed E-state index contributed by atoms with van der Waals surface area (Å²) in [4.78, 5) is 18.9. The van der Waals surface area contributed by atoms with Crippen LogP contribution in [-0.4, -0.2) is 15.9 Å². The lowest BCUT2D eigenvalue weighted by Crippen LogP contribution is -2.06. The van der Waals surface area contributed by atoms with Crippen molar-refractivity contribution in [1.82, 2.24) is 9.97 Å². The molecule has 0 spiro atoms. The van der Waals surface area contributed by atoms with Gasteiger partial charge in [-0.2, -0.15) is 0 Å². The third-order valence-corrected chi connectivity index (χ3v) is 2.31. The van der Waals surface area contributed by atoms with Gasteiger partial charge in [-0.15, -0.1) is 0 Å². The van der Waals surface area contributed by atoms with Crippen LogP contribution in [0, 0.1) is 12.7 Å². The number of halogens is 1. The van der Waals surface area contributed by atoms with Crippen molar-refractivity contribution in [1.29, 1.82) is 0 Å². The molecule has 2 heterocycles. The van der Waals surface area contributed by atoms with Crippen LogP contribution in [-0.2, 0) is 4.79 Å². The van der Waals surface area contributed by atoms with Gasteiger partial charge in [0.15, 0.2) is 5.82 Å². The lowest BCUT2D eigenvalue weighted by Gasteiger charge is -2.06. The van der Waals surface area contributed by atoms with Crippen molar-refractivity contribution in [3.05, 3.63) is 42.1 Å². The molecular formula is C13H12FN3O. The molecule has 1 amide bonds. The minimum atomic E-state index is -0.492. The van der Waals surface area contributed by atoms with Gasteiger partial charge in [-0.1, -0.05) is 0 Å². The van der Waals surface area contributed by atoms with E-state index in [1.807, 2.05) is 6.92 Å². The molecular weight excluding hydrogens is 233 g/mol. The van der Waals surface area contributed by atoms with Gasteiger partial charge in [-0.3, -0.25) is 14.8 Å². The van der Waals surface area contributed by atoms with Crippen molar-refractivity contribution >= 4 is 11.6 Å². The van der Waals surface area contributed by atoms with Gasteiger partial charge in [0.1, 0.15) is 5.69 Å². The van der Waals surface area contributed by atoms with E-state index in [4.69, 9.17) is 0 Å². The Morgan fingerprint density at radius 1 is 1.28 bits per heavy atom. The molecule has 0 aliphatic rings. The molecule has 1 N–H and O–H groups in total. The number of aryl methyl sites for hydroxylation is 1. The van der Waals surface area contributed by atoms with Gasteiger partial charge in [-0.05, 0) is 18.6 Å². The van der Waals surface area contributed by atoms with E-state index >= 15 is 0 Å². The summed E-state index contributed by atoms with van der Waals surface area (Å²) in [5, 5.41) is 2.48. The summed E-state index contributed by atoms with van der Waals surface area (Å²) in [6.07, 6.45) is 4.66. The van der Waals surface area contributed by atoms with E-state index in [2.05, 4.69) is 15.3 Å². The van der Waals surface area contributed by atoms with E-state index in [-0.39, 0.29) is 11.6 Å². The first-order valence-electron chi connectivity index (χ1n) is 5.41. The molecule has 0 saturated heterocycles. The summed E-state index contributed by atoms with van der Waals surface area (Å²) in [5.41, 5.74) is 2.10. The largest absolute Gasteiger partial charge is 0.325 e. The van der Waals surface area contributed by atoms with Crippen LogP contribution < -0.4 is 5.32 Å². The maximum atomic E-state index is 13.9. The van der Waals surface area contributed by atoms with E-state index in [9.17, 15) is 9.18 Å². The molecule has 0 aromatic carbocycles. The molecule has 5 heteroatoms. The number of nitrogens with zero attached hydrogens (tertiary/aromatic N) is 2. The van der Waals surface area contributed by atoms with E-state index < -0.39 is 5.82 Å². The Hall–Kier alpha value is -2.30. The van der Waals surface area contributed by atoms with Crippen LogP contribution in [0.1, 0.15) is 12.5 Å². The summed E-state index contributed by atoms with van der Waals surface area (Å²) < 4.78 is 13.9. The van der Waals surface area contributed by atoms with Gasteiger partial charge in [0, 0.05) is 30.9 Å². The Kier molecular flexibility index (Phi) is 3.32.